The molecule has 0 saturated heterocycles. The summed E-state index contributed by atoms with van der Waals surface area (Å²) >= 11 is 5.29. The molecule has 12 heteroatoms. The Morgan fingerprint density at radius 2 is 1.12 bits per heavy atom. The predicted molar refractivity (Wildman–Crippen MR) is 200 cm³/mol. The second-order valence-corrected chi connectivity index (χ2v) is 13.7. The van der Waals surface area contributed by atoms with Crippen LogP contribution >= 0.6 is 12.2 Å². The van der Waals surface area contributed by atoms with Crippen molar-refractivity contribution in [2.75, 3.05) is 6.61 Å². The van der Waals surface area contributed by atoms with E-state index in [1.54, 1.807) is 12.1 Å². The third-order valence-electron chi connectivity index (χ3n) is 9.66. The summed E-state index contributed by atoms with van der Waals surface area (Å²) in [5.41, 5.74) is 3.59. The standard InChI is InChI=1S/C44H31F5O6S/c45-37-38(46)40(48)42(41(49)39(37)47)54-43(56)55-44-21-29-18-34(51-23-27-12-6-2-7-13-27)35(52-24-28-14-8-3-9-15-28)20-32(29)36(44)31-17-16-30(19-33(31)53-25-44)50-22-26-10-4-1-5-11-26/h1-20,36H,21-25H2/t36-,44+/m0/s1. The number of rotatable bonds is 11. The fourth-order valence-corrected chi connectivity index (χ4v) is 7.26. The van der Waals surface area contributed by atoms with Crippen molar-refractivity contribution >= 4 is 17.5 Å². The lowest BCUT2D eigenvalue weighted by Gasteiger charge is -2.40. The highest BCUT2D eigenvalue weighted by Gasteiger charge is 2.54. The molecule has 2 atom stereocenters. The molecule has 6 nitrogen and oxygen atoms in total. The van der Waals surface area contributed by atoms with Crippen LogP contribution in [-0.4, -0.2) is 17.4 Å². The van der Waals surface area contributed by atoms with Crippen LogP contribution in [0.3, 0.4) is 0 Å². The van der Waals surface area contributed by atoms with Crippen LogP contribution in [0, 0.1) is 29.1 Å². The van der Waals surface area contributed by atoms with Crippen molar-refractivity contribution in [3.05, 3.63) is 184 Å². The van der Waals surface area contributed by atoms with Crippen LogP contribution in [0.5, 0.6) is 28.7 Å². The van der Waals surface area contributed by atoms with Crippen LogP contribution in [0.4, 0.5) is 22.0 Å². The van der Waals surface area contributed by atoms with Crippen molar-refractivity contribution in [2.24, 2.45) is 0 Å². The zero-order chi connectivity index (χ0) is 38.8. The summed E-state index contributed by atoms with van der Waals surface area (Å²) in [6, 6.07) is 37.9. The second kappa shape index (κ2) is 15.5. The molecule has 0 fully saturated rings. The van der Waals surface area contributed by atoms with E-state index in [2.05, 4.69) is 0 Å². The Balaban J connectivity index is 1.17. The Hall–Kier alpha value is -6.14. The lowest BCUT2D eigenvalue weighted by atomic mass is 9.80. The molecule has 1 aliphatic carbocycles. The molecule has 6 aromatic carbocycles. The van der Waals surface area contributed by atoms with Crippen LogP contribution in [0.2, 0.25) is 0 Å². The summed E-state index contributed by atoms with van der Waals surface area (Å²) < 4.78 is 108. The fraction of sp³-hybridized carbons (Fsp3) is 0.159. The van der Waals surface area contributed by atoms with Crippen molar-refractivity contribution in [3.63, 3.8) is 0 Å². The number of thiocarbonyl (C=S) groups is 1. The molecule has 0 aromatic heterocycles. The van der Waals surface area contributed by atoms with Crippen molar-refractivity contribution in [2.45, 2.75) is 37.8 Å². The van der Waals surface area contributed by atoms with Crippen molar-refractivity contribution in [3.8, 4) is 28.7 Å². The van der Waals surface area contributed by atoms with Crippen LogP contribution in [0.25, 0.3) is 0 Å². The molecule has 0 N–H and O–H groups in total. The number of halogens is 5. The van der Waals surface area contributed by atoms with E-state index >= 15 is 0 Å². The summed E-state index contributed by atoms with van der Waals surface area (Å²) in [5.74, 6) is -11.4. The molecule has 0 unspecified atom stereocenters. The van der Waals surface area contributed by atoms with Gasteiger partial charge in [0.05, 0.1) is 5.92 Å². The van der Waals surface area contributed by atoms with Crippen LogP contribution in [-0.2, 0) is 31.0 Å². The summed E-state index contributed by atoms with van der Waals surface area (Å²) in [7, 11) is 0. The van der Waals surface area contributed by atoms with E-state index < -0.39 is 51.6 Å². The van der Waals surface area contributed by atoms with Gasteiger partial charge in [0, 0.05) is 30.3 Å². The quantitative estimate of drug-likeness (QED) is 0.0562. The topological polar surface area (TPSA) is 55.4 Å². The number of benzene rings is 6. The zero-order valence-electron chi connectivity index (χ0n) is 29.4. The molecule has 0 saturated carbocycles. The summed E-state index contributed by atoms with van der Waals surface area (Å²) in [6.45, 7) is 0.637. The number of hydrogen-bond donors (Lipinski definition) is 0. The molecule has 6 aromatic rings. The molecule has 0 spiro atoms. The Morgan fingerprint density at radius 1 is 0.607 bits per heavy atom. The minimum absolute atomic E-state index is 0.125. The maximum atomic E-state index is 14.7. The van der Waals surface area contributed by atoms with E-state index in [1.807, 2.05) is 109 Å². The fourth-order valence-electron chi connectivity index (χ4n) is 7.01. The highest BCUT2D eigenvalue weighted by atomic mass is 32.1. The van der Waals surface area contributed by atoms with Crippen LogP contribution < -0.4 is 23.7 Å². The van der Waals surface area contributed by atoms with E-state index in [1.165, 1.54) is 0 Å². The van der Waals surface area contributed by atoms with Gasteiger partial charge in [0.1, 0.15) is 37.9 Å². The van der Waals surface area contributed by atoms with Gasteiger partial charge >= 0.3 is 5.24 Å². The predicted octanol–water partition coefficient (Wildman–Crippen LogP) is 10.3. The van der Waals surface area contributed by atoms with Crippen molar-refractivity contribution in [1.29, 1.82) is 0 Å². The van der Waals surface area contributed by atoms with Gasteiger partial charge in [-0.3, -0.25) is 0 Å². The number of hydrogen-bond acceptors (Lipinski definition) is 7. The van der Waals surface area contributed by atoms with Crippen LogP contribution in [0.15, 0.2) is 121 Å². The second-order valence-electron chi connectivity index (χ2n) is 13.3. The van der Waals surface area contributed by atoms with E-state index in [-0.39, 0.29) is 26.2 Å². The first-order chi connectivity index (χ1) is 27.2. The zero-order valence-corrected chi connectivity index (χ0v) is 30.2. The van der Waals surface area contributed by atoms with Gasteiger partial charge in [0.2, 0.25) is 34.8 Å². The van der Waals surface area contributed by atoms with Crippen LogP contribution in [0.1, 0.15) is 39.3 Å². The maximum absolute atomic E-state index is 14.7. The number of fused-ring (bicyclic) bond motifs is 5. The highest BCUT2D eigenvalue weighted by molar-refractivity contribution is 7.79. The third kappa shape index (κ3) is 7.32. The molecule has 56 heavy (non-hydrogen) atoms. The highest BCUT2D eigenvalue weighted by Crippen LogP contribution is 2.55. The van der Waals surface area contributed by atoms with Gasteiger partial charge in [-0.2, -0.15) is 8.78 Å². The van der Waals surface area contributed by atoms with Gasteiger partial charge in [0.15, 0.2) is 17.1 Å². The summed E-state index contributed by atoms with van der Waals surface area (Å²) in [6.07, 6.45) is 0.125. The Labute approximate surface area is 323 Å². The molecule has 0 radical (unpaired) electrons. The van der Waals surface area contributed by atoms with E-state index in [0.29, 0.717) is 35.2 Å². The molecule has 2 aliphatic rings. The lowest BCUT2D eigenvalue weighted by molar-refractivity contribution is -0.0213. The Morgan fingerprint density at radius 3 is 1.70 bits per heavy atom. The van der Waals surface area contributed by atoms with E-state index in [0.717, 1.165) is 27.8 Å². The third-order valence-corrected chi connectivity index (χ3v) is 9.83. The average Bonchev–Trinajstić information content (AvgIpc) is 3.55. The Bertz CT molecular complexity index is 2370. The van der Waals surface area contributed by atoms with E-state index in [4.69, 9.17) is 40.6 Å². The van der Waals surface area contributed by atoms with Gasteiger partial charge in [-0.15, -0.1) is 0 Å². The monoisotopic (exact) mass is 782 g/mol. The van der Waals surface area contributed by atoms with Gasteiger partial charge in [-0.1, -0.05) is 97.1 Å². The number of ether oxygens (including phenoxy) is 6. The van der Waals surface area contributed by atoms with Crippen molar-refractivity contribution in [1.82, 2.24) is 0 Å². The van der Waals surface area contributed by atoms with Gasteiger partial charge < -0.3 is 28.4 Å². The minimum atomic E-state index is -2.33. The maximum Gasteiger partial charge on any atom is 0.358 e. The normalized spacial score (nSPS) is 16.5. The van der Waals surface area contributed by atoms with E-state index in [9.17, 15) is 22.0 Å². The first-order valence-corrected chi connectivity index (χ1v) is 18.0. The first kappa shape index (κ1) is 36.8. The first-order valence-electron chi connectivity index (χ1n) is 17.5. The molecular formula is C44H31F5O6S. The van der Waals surface area contributed by atoms with Crippen molar-refractivity contribution < 1.29 is 50.4 Å². The van der Waals surface area contributed by atoms with Gasteiger partial charge in [-0.05, 0) is 46.0 Å². The molecular weight excluding hydrogens is 752 g/mol. The lowest BCUT2D eigenvalue weighted by Crippen LogP contribution is -2.48. The summed E-state index contributed by atoms with van der Waals surface area (Å²) in [5, 5.41) is -0.873. The van der Waals surface area contributed by atoms with Gasteiger partial charge in [-0.25, -0.2) is 13.2 Å². The summed E-state index contributed by atoms with van der Waals surface area (Å²) in [4.78, 5) is 0. The Kier molecular flexibility index (Phi) is 10.2. The molecule has 284 valence electrons. The SMILES string of the molecule is Fc1c(F)c(F)c(OC(=S)O[C@]23COc4cc(OCc5ccccc5)ccc4[C@H]2c2cc(OCc4ccccc4)c(OCc4ccccc4)cc2C3)c(F)c1F. The molecule has 0 bridgehead atoms. The molecule has 1 heterocycles. The largest absolute Gasteiger partial charge is 0.489 e. The molecule has 8 rings (SSSR count). The minimum Gasteiger partial charge on any atom is -0.489 e. The smallest absolute Gasteiger partial charge is 0.358 e. The molecule has 0 amide bonds. The average molecular weight is 783 g/mol. The van der Waals surface area contributed by atoms with Gasteiger partial charge in [0.25, 0.3) is 0 Å². The molecule has 1 aliphatic heterocycles.